The van der Waals surface area contributed by atoms with Gasteiger partial charge in [0.05, 0.1) is 7.11 Å². The summed E-state index contributed by atoms with van der Waals surface area (Å²) in [7, 11) is 3.26. The molecule has 0 spiro atoms. The highest BCUT2D eigenvalue weighted by Gasteiger charge is 2.33. The van der Waals surface area contributed by atoms with E-state index in [4.69, 9.17) is 4.74 Å². The number of benzene rings is 1. The monoisotopic (exact) mass is 329 g/mol. The third kappa shape index (κ3) is 3.42. The van der Waals surface area contributed by atoms with Gasteiger partial charge in [-0.3, -0.25) is 9.59 Å². The van der Waals surface area contributed by atoms with E-state index in [1.54, 1.807) is 14.2 Å². The van der Waals surface area contributed by atoms with E-state index in [0.29, 0.717) is 18.6 Å². The largest absolute Gasteiger partial charge is 0.497 e. The van der Waals surface area contributed by atoms with Crippen molar-refractivity contribution in [3.8, 4) is 5.75 Å². The van der Waals surface area contributed by atoms with Gasteiger partial charge in [0.2, 0.25) is 5.91 Å². The van der Waals surface area contributed by atoms with E-state index in [-0.39, 0.29) is 17.9 Å². The first-order chi connectivity index (χ1) is 11.6. The molecule has 6 nitrogen and oxygen atoms in total. The number of carbonyl (C=O) groups excluding carboxylic acids is 2. The van der Waals surface area contributed by atoms with Crippen LogP contribution in [0.3, 0.4) is 0 Å². The Morgan fingerprint density at radius 3 is 2.71 bits per heavy atom. The number of hydrazone groups is 1. The quantitative estimate of drug-likeness (QED) is 0.847. The van der Waals surface area contributed by atoms with Crippen LogP contribution >= 0.6 is 0 Å². The number of likely N-dealkylation sites (tertiary alicyclic amines) is 1. The smallest absolute Gasteiger partial charge is 0.270 e. The molecule has 1 fully saturated rings. The minimum Gasteiger partial charge on any atom is -0.497 e. The second-order valence-electron chi connectivity index (χ2n) is 6.31. The van der Waals surface area contributed by atoms with Crippen molar-refractivity contribution in [2.45, 2.75) is 38.1 Å². The lowest BCUT2D eigenvalue weighted by atomic mass is 10.0. The normalized spacial score (nSPS) is 21.0. The zero-order valence-electron chi connectivity index (χ0n) is 14.2. The summed E-state index contributed by atoms with van der Waals surface area (Å²) in [6.07, 6.45) is 3.64. The number of hydrogen-bond donors (Lipinski definition) is 0. The third-order valence-electron chi connectivity index (χ3n) is 4.72. The van der Waals surface area contributed by atoms with E-state index in [2.05, 4.69) is 5.10 Å². The second-order valence-corrected chi connectivity index (χ2v) is 6.31. The maximum absolute atomic E-state index is 12.8. The van der Waals surface area contributed by atoms with E-state index in [1.165, 1.54) is 10.6 Å². The van der Waals surface area contributed by atoms with Gasteiger partial charge in [-0.1, -0.05) is 12.1 Å². The molecule has 2 amide bonds. The molecule has 3 rings (SSSR count). The molecule has 0 aromatic heterocycles. The average molecular weight is 329 g/mol. The predicted molar refractivity (Wildman–Crippen MR) is 90.9 cm³/mol. The fraction of sp³-hybridized carbons (Fsp3) is 0.500. The van der Waals surface area contributed by atoms with E-state index in [0.717, 1.165) is 31.6 Å². The highest BCUT2D eigenvalue weighted by molar-refractivity contribution is 6.39. The van der Waals surface area contributed by atoms with Crippen LogP contribution in [0.2, 0.25) is 0 Å². The number of carbonyl (C=O) groups is 2. The number of rotatable bonds is 4. The summed E-state index contributed by atoms with van der Waals surface area (Å²) in [5, 5.41) is 5.45. The average Bonchev–Trinajstić information content (AvgIpc) is 3.05. The maximum atomic E-state index is 12.8. The van der Waals surface area contributed by atoms with Gasteiger partial charge in [0.15, 0.2) is 0 Å². The lowest BCUT2D eigenvalue weighted by molar-refractivity contribution is -0.130. The van der Waals surface area contributed by atoms with Gasteiger partial charge in [-0.05, 0) is 37.0 Å². The molecule has 6 heteroatoms. The summed E-state index contributed by atoms with van der Waals surface area (Å²) in [5.41, 5.74) is 1.69. The van der Waals surface area contributed by atoms with Gasteiger partial charge in [-0.25, -0.2) is 5.01 Å². The number of hydrogen-bond acceptors (Lipinski definition) is 4. The molecule has 1 unspecified atom stereocenters. The molecular weight excluding hydrogens is 306 g/mol. The van der Waals surface area contributed by atoms with Crippen molar-refractivity contribution >= 4 is 17.5 Å². The van der Waals surface area contributed by atoms with Crippen LogP contribution in [0.15, 0.2) is 29.4 Å². The number of nitrogens with zero attached hydrogens (tertiary/aromatic N) is 3. The molecule has 128 valence electrons. The first kappa shape index (κ1) is 16.5. The van der Waals surface area contributed by atoms with Crippen molar-refractivity contribution in [2.24, 2.45) is 5.10 Å². The Morgan fingerprint density at radius 2 is 2.04 bits per heavy atom. The maximum Gasteiger partial charge on any atom is 0.270 e. The number of methoxy groups -OCH3 is 1. The summed E-state index contributed by atoms with van der Waals surface area (Å²) in [5.74, 6) is 0.774. The Balaban J connectivity index is 1.69. The van der Waals surface area contributed by atoms with Crippen LogP contribution in [0.5, 0.6) is 5.75 Å². The first-order valence-corrected chi connectivity index (χ1v) is 8.36. The van der Waals surface area contributed by atoms with Crippen LogP contribution in [0, 0.1) is 0 Å². The van der Waals surface area contributed by atoms with E-state index < -0.39 is 0 Å². The first-order valence-electron chi connectivity index (χ1n) is 8.36. The van der Waals surface area contributed by atoms with Crippen LogP contribution in [0.25, 0.3) is 0 Å². The summed E-state index contributed by atoms with van der Waals surface area (Å²) in [6, 6.07) is 8.18. The van der Waals surface area contributed by atoms with Gasteiger partial charge in [0, 0.05) is 32.5 Å². The van der Waals surface area contributed by atoms with Crippen LogP contribution in [-0.4, -0.2) is 54.2 Å². The Hall–Kier alpha value is -2.37. The summed E-state index contributed by atoms with van der Waals surface area (Å²) in [6.45, 7) is 0.760. The third-order valence-corrected chi connectivity index (χ3v) is 4.72. The van der Waals surface area contributed by atoms with Gasteiger partial charge in [0.1, 0.15) is 11.5 Å². The SMILES string of the molecule is COc1ccc(CC2CCCN2C(=O)C2=NN(C)C(=O)CC2)cc1. The Morgan fingerprint density at radius 1 is 1.29 bits per heavy atom. The highest BCUT2D eigenvalue weighted by Crippen LogP contribution is 2.24. The van der Waals surface area contributed by atoms with Gasteiger partial charge in [-0.15, -0.1) is 0 Å². The molecule has 1 atom stereocenters. The van der Waals surface area contributed by atoms with Crippen molar-refractivity contribution in [2.75, 3.05) is 20.7 Å². The molecule has 2 heterocycles. The molecule has 0 radical (unpaired) electrons. The topological polar surface area (TPSA) is 62.2 Å². The van der Waals surface area contributed by atoms with Gasteiger partial charge >= 0.3 is 0 Å². The fourth-order valence-corrected chi connectivity index (χ4v) is 3.34. The number of amides is 2. The van der Waals surface area contributed by atoms with Crippen LogP contribution in [-0.2, 0) is 16.0 Å². The lowest BCUT2D eigenvalue weighted by Gasteiger charge is -2.27. The van der Waals surface area contributed by atoms with Crippen LogP contribution < -0.4 is 4.74 Å². The van der Waals surface area contributed by atoms with E-state index >= 15 is 0 Å². The van der Waals surface area contributed by atoms with Crippen molar-refractivity contribution in [3.63, 3.8) is 0 Å². The minimum atomic E-state index is -0.0391. The van der Waals surface area contributed by atoms with E-state index in [1.807, 2.05) is 29.2 Å². The van der Waals surface area contributed by atoms with Crippen molar-refractivity contribution in [1.82, 2.24) is 9.91 Å². The summed E-state index contributed by atoms with van der Waals surface area (Å²) in [4.78, 5) is 26.2. The Bertz CT molecular complexity index is 654. The Labute approximate surface area is 142 Å². The summed E-state index contributed by atoms with van der Waals surface area (Å²) < 4.78 is 5.18. The molecule has 2 aliphatic heterocycles. The Kier molecular flexibility index (Phi) is 4.83. The molecule has 1 aromatic rings. The van der Waals surface area contributed by atoms with E-state index in [9.17, 15) is 9.59 Å². The number of ether oxygens (including phenoxy) is 1. The molecule has 0 N–H and O–H groups in total. The minimum absolute atomic E-state index is 0.0228. The predicted octanol–water partition coefficient (Wildman–Crippen LogP) is 1.84. The second kappa shape index (κ2) is 7.03. The standard InChI is InChI=1S/C18H23N3O3/c1-20-17(22)10-9-16(19-20)18(23)21-11-3-4-14(21)12-13-5-7-15(24-2)8-6-13/h5-8,14H,3-4,9-12H2,1-2H3. The molecule has 0 bridgehead atoms. The van der Waals surface area contributed by atoms with Crippen molar-refractivity contribution in [3.05, 3.63) is 29.8 Å². The zero-order valence-corrected chi connectivity index (χ0v) is 14.2. The van der Waals surface area contributed by atoms with Gasteiger partial charge < -0.3 is 9.64 Å². The highest BCUT2D eigenvalue weighted by atomic mass is 16.5. The fourth-order valence-electron chi connectivity index (χ4n) is 3.34. The van der Waals surface area contributed by atoms with Gasteiger partial charge in [0.25, 0.3) is 5.91 Å². The summed E-state index contributed by atoms with van der Waals surface area (Å²) >= 11 is 0. The molecule has 1 aromatic carbocycles. The molecule has 24 heavy (non-hydrogen) atoms. The van der Waals surface area contributed by atoms with Crippen LogP contribution in [0.4, 0.5) is 0 Å². The molecule has 0 aliphatic carbocycles. The zero-order chi connectivity index (χ0) is 17.1. The lowest BCUT2D eigenvalue weighted by Crippen LogP contribution is -2.43. The van der Waals surface area contributed by atoms with Crippen LogP contribution in [0.1, 0.15) is 31.2 Å². The van der Waals surface area contributed by atoms with Crippen molar-refractivity contribution in [1.29, 1.82) is 0 Å². The molecule has 2 aliphatic rings. The molecular formula is C18H23N3O3. The molecule has 0 saturated carbocycles. The van der Waals surface area contributed by atoms with Gasteiger partial charge in [-0.2, -0.15) is 5.10 Å². The molecule has 1 saturated heterocycles. The van der Waals surface area contributed by atoms with Crippen molar-refractivity contribution < 1.29 is 14.3 Å².